The van der Waals surface area contributed by atoms with Crippen LogP contribution < -0.4 is 9.47 Å². The number of esters is 1. The minimum atomic E-state index is -0.436. The van der Waals surface area contributed by atoms with Crippen LogP contribution in [0, 0.1) is 6.92 Å². The van der Waals surface area contributed by atoms with Gasteiger partial charge in [0.2, 0.25) is 0 Å². The number of benzene rings is 1. The molecule has 0 saturated carbocycles. The van der Waals surface area contributed by atoms with Gasteiger partial charge in [-0.1, -0.05) is 0 Å². The van der Waals surface area contributed by atoms with Gasteiger partial charge in [0.25, 0.3) is 0 Å². The first-order valence-corrected chi connectivity index (χ1v) is 4.45. The number of methoxy groups -OCH3 is 3. The molecule has 0 fully saturated rings. The second-order valence-corrected chi connectivity index (χ2v) is 3.04. The van der Waals surface area contributed by atoms with Crippen molar-refractivity contribution in [1.82, 2.24) is 0 Å². The summed E-state index contributed by atoms with van der Waals surface area (Å²) in [6.45, 7) is 1.87. The van der Waals surface area contributed by atoms with Crippen molar-refractivity contribution in [2.45, 2.75) is 6.92 Å². The first-order valence-electron chi connectivity index (χ1n) is 4.45. The van der Waals surface area contributed by atoms with Crippen LogP contribution in [0.2, 0.25) is 0 Å². The van der Waals surface area contributed by atoms with E-state index in [0.29, 0.717) is 17.1 Å². The van der Waals surface area contributed by atoms with Gasteiger partial charge in [0.05, 0.1) is 21.3 Å². The molecule has 0 aliphatic heterocycles. The molecule has 0 aromatic heterocycles. The normalized spacial score (nSPS) is 9.60. The fourth-order valence-corrected chi connectivity index (χ4v) is 1.36. The summed E-state index contributed by atoms with van der Waals surface area (Å²) in [7, 11) is 4.34. The lowest BCUT2D eigenvalue weighted by molar-refractivity contribution is 0.0596. The SMILES string of the molecule is COC(=O)c1cc(C)cc(OC)c1OC. The molecule has 82 valence electrons. The molecule has 0 amide bonds. The summed E-state index contributed by atoms with van der Waals surface area (Å²) in [6, 6.07) is 3.50. The number of carbonyl (C=O) groups is 1. The van der Waals surface area contributed by atoms with E-state index in [9.17, 15) is 4.79 Å². The minimum absolute atomic E-state index is 0.372. The van der Waals surface area contributed by atoms with E-state index >= 15 is 0 Å². The van der Waals surface area contributed by atoms with Crippen LogP contribution in [0.25, 0.3) is 0 Å². The highest BCUT2D eigenvalue weighted by atomic mass is 16.5. The summed E-state index contributed by atoms with van der Waals surface area (Å²) in [6.07, 6.45) is 0. The van der Waals surface area contributed by atoms with Crippen molar-refractivity contribution in [2.75, 3.05) is 21.3 Å². The van der Waals surface area contributed by atoms with Crippen LogP contribution in [0.5, 0.6) is 11.5 Å². The van der Waals surface area contributed by atoms with Crippen molar-refractivity contribution in [3.05, 3.63) is 23.3 Å². The van der Waals surface area contributed by atoms with Gasteiger partial charge in [-0.15, -0.1) is 0 Å². The van der Waals surface area contributed by atoms with E-state index in [1.165, 1.54) is 21.3 Å². The van der Waals surface area contributed by atoms with Crippen LogP contribution in [0.1, 0.15) is 15.9 Å². The first-order chi connectivity index (χ1) is 7.13. The molecule has 0 bridgehead atoms. The fraction of sp³-hybridized carbons (Fsp3) is 0.364. The molecule has 0 aliphatic carbocycles. The second kappa shape index (κ2) is 4.68. The minimum Gasteiger partial charge on any atom is -0.493 e. The Balaban J connectivity index is 3.35. The number of hydrogen-bond acceptors (Lipinski definition) is 4. The van der Waals surface area contributed by atoms with Gasteiger partial charge in [-0.2, -0.15) is 0 Å². The molecule has 1 aromatic rings. The summed E-state index contributed by atoms with van der Waals surface area (Å²) in [5, 5.41) is 0. The highest BCUT2D eigenvalue weighted by Gasteiger charge is 2.17. The van der Waals surface area contributed by atoms with E-state index in [1.54, 1.807) is 12.1 Å². The van der Waals surface area contributed by atoms with Gasteiger partial charge in [0.15, 0.2) is 11.5 Å². The van der Waals surface area contributed by atoms with Gasteiger partial charge in [0, 0.05) is 0 Å². The van der Waals surface area contributed by atoms with Crippen molar-refractivity contribution in [2.24, 2.45) is 0 Å². The van der Waals surface area contributed by atoms with E-state index in [-0.39, 0.29) is 0 Å². The molecular weight excluding hydrogens is 196 g/mol. The third-order valence-electron chi connectivity index (χ3n) is 2.03. The Hall–Kier alpha value is -1.71. The Bertz CT molecular complexity index is 371. The molecule has 0 aliphatic rings. The molecule has 0 radical (unpaired) electrons. The van der Waals surface area contributed by atoms with Crippen LogP contribution in [-0.4, -0.2) is 27.3 Å². The monoisotopic (exact) mass is 210 g/mol. The maximum atomic E-state index is 11.5. The average molecular weight is 210 g/mol. The Morgan fingerprint density at radius 3 is 2.27 bits per heavy atom. The van der Waals surface area contributed by atoms with Gasteiger partial charge >= 0.3 is 5.97 Å². The van der Waals surface area contributed by atoms with Crippen LogP contribution in [0.4, 0.5) is 0 Å². The number of hydrogen-bond donors (Lipinski definition) is 0. The standard InChI is InChI=1S/C11H14O4/c1-7-5-8(11(12)15-4)10(14-3)9(6-7)13-2/h5-6H,1-4H3. The van der Waals surface area contributed by atoms with E-state index in [0.717, 1.165) is 5.56 Å². The van der Waals surface area contributed by atoms with E-state index in [2.05, 4.69) is 4.74 Å². The largest absolute Gasteiger partial charge is 0.493 e. The molecular formula is C11H14O4. The second-order valence-electron chi connectivity index (χ2n) is 3.04. The van der Waals surface area contributed by atoms with E-state index in [4.69, 9.17) is 9.47 Å². The molecule has 15 heavy (non-hydrogen) atoms. The highest BCUT2D eigenvalue weighted by Crippen LogP contribution is 2.32. The first kappa shape index (κ1) is 11.4. The zero-order valence-corrected chi connectivity index (χ0v) is 9.29. The van der Waals surface area contributed by atoms with Gasteiger partial charge < -0.3 is 14.2 Å². The highest BCUT2D eigenvalue weighted by molar-refractivity contribution is 5.93. The lowest BCUT2D eigenvalue weighted by atomic mass is 10.1. The van der Waals surface area contributed by atoms with Crippen LogP contribution >= 0.6 is 0 Å². The zero-order chi connectivity index (χ0) is 11.4. The number of aryl methyl sites for hydroxylation is 1. The average Bonchev–Trinajstić information content (AvgIpc) is 2.26. The van der Waals surface area contributed by atoms with Crippen molar-refractivity contribution in [1.29, 1.82) is 0 Å². The summed E-state index contributed by atoms with van der Waals surface area (Å²) < 4.78 is 14.9. The lowest BCUT2D eigenvalue weighted by Gasteiger charge is -2.12. The van der Waals surface area contributed by atoms with Crippen LogP contribution in [0.3, 0.4) is 0 Å². The van der Waals surface area contributed by atoms with Gasteiger partial charge in [-0.3, -0.25) is 0 Å². The summed E-state index contributed by atoms with van der Waals surface area (Å²) in [4.78, 5) is 11.5. The van der Waals surface area contributed by atoms with Gasteiger partial charge in [-0.05, 0) is 24.6 Å². The maximum absolute atomic E-state index is 11.5. The van der Waals surface area contributed by atoms with Crippen LogP contribution in [0.15, 0.2) is 12.1 Å². The van der Waals surface area contributed by atoms with Crippen molar-refractivity contribution in [3.63, 3.8) is 0 Å². The molecule has 0 N–H and O–H groups in total. The summed E-state index contributed by atoms with van der Waals surface area (Å²) in [5.41, 5.74) is 1.28. The molecule has 0 heterocycles. The third kappa shape index (κ3) is 2.21. The van der Waals surface area contributed by atoms with Gasteiger partial charge in [0.1, 0.15) is 5.56 Å². The number of rotatable bonds is 3. The predicted octanol–water partition coefficient (Wildman–Crippen LogP) is 1.80. The molecule has 0 unspecified atom stereocenters. The summed E-state index contributed by atoms with van der Waals surface area (Å²) in [5.74, 6) is 0.488. The molecule has 1 aromatic carbocycles. The predicted molar refractivity (Wildman–Crippen MR) is 55.6 cm³/mol. The van der Waals surface area contributed by atoms with Crippen molar-refractivity contribution < 1.29 is 19.0 Å². The third-order valence-corrected chi connectivity index (χ3v) is 2.03. The molecule has 4 heteroatoms. The van der Waals surface area contributed by atoms with Gasteiger partial charge in [-0.25, -0.2) is 4.79 Å². The molecule has 4 nitrogen and oxygen atoms in total. The fourth-order valence-electron chi connectivity index (χ4n) is 1.36. The van der Waals surface area contributed by atoms with Crippen LogP contribution in [-0.2, 0) is 4.74 Å². The molecule has 0 atom stereocenters. The van der Waals surface area contributed by atoms with Crippen molar-refractivity contribution >= 4 is 5.97 Å². The summed E-state index contributed by atoms with van der Waals surface area (Å²) >= 11 is 0. The quantitative estimate of drug-likeness (QED) is 0.713. The van der Waals surface area contributed by atoms with E-state index < -0.39 is 5.97 Å². The van der Waals surface area contributed by atoms with Crippen molar-refractivity contribution in [3.8, 4) is 11.5 Å². The molecule has 0 spiro atoms. The number of ether oxygens (including phenoxy) is 3. The number of carbonyl (C=O) groups excluding carboxylic acids is 1. The Morgan fingerprint density at radius 1 is 1.13 bits per heavy atom. The zero-order valence-electron chi connectivity index (χ0n) is 9.29. The van der Waals surface area contributed by atoms with E-state index in [1.807, 2.05) is 6.92 Å². The Morgan fingerprint density at radius 2 is 1.80 bits per heavy atom. The lowest BCUT2D eigenvalue weighted by Crippen LogP contribution is -2.05. The molecule has 1 rings (SSSR count). The molecule has 0 saturated heterocycles. The Kier molecular flexibility index (Phi) is 3.55. The maximum Gasteiger partial charge on any atom is 0.341 e. The topological polar surface area (TPSA) is 44.8 Å². The smallest absolute Gasteiger partial charge is 0.341 e. The Labute approximate surface area is 88.8 Å².